The second-order valence-corrected chi connectivity index (χ2v) is 6.98. The van der Waals surface area contributed by atoms with Crippen molar-refractivity contribution in [1.29, 1.82) is 0 Å². The number of esters is 1. The number of amides is 1. The van der Waals surface area contributed by atoms with E-state index in [-0.39, 0.29) is 18.0 Å². The predicted molar refractivity (Wildman–Crippen MR) is 98.7 cm³/mol. The Morgan fingerprint density at radius 1 is 1.29 bits per heavy atom. The zero-order valence-electron chi connectivity index (χ0n) is 14.8. The highest BCUT2D eigenvalue weighted by molar-refractivity contribution is 7.16. The fourth-order valence-corrected chi connectivity index (χ4v) is 3.85. The van der Waals surface area contributed by atoms with Crippen molar-refractivity contribution >= 4 is 33.4 Å². The zero-order valence-corrected chi connectivity index (χ0v) is 15.6. The zero-order chi connectivity index (χ0) is 19.7. The van der Waals surface area contributed by atoms with E-state index in [0.717, 1.165) is 11.3 Å². The van der Waals surface area contributed by atoms with Crippen LogP contribution in [0.15, 0.2) is 47.5 Å². The number of methoxy groups -OCH3 is 1. The van der Waals surface area contributed by atoms with Crippen molar-refractivity contribution in [3.05, 3.63) is 53.1 Å². The molecule has 9 heteroatoms. The first-order valence-corrected chi connectivity index (χ1v) is 9.19. The van der Waals surface area contributed by atoms with Gasteiger partial charge >= 0.3 is 5.97 Å². The SMILES string of the molecule is COC(=O)Cn1c(=NC(=O)[C@@H]2COc3ccccc3O2)sc2cc(F)ccc21. The lowest BCUT2D eigenvalue weighted by molar-refractivity contribution is -0.141. The first kappa shape index (κ1) is 18.2. The third-order valence-electron chi connectivity index (χ3n) is 4.15. The number of carbonyl (C=O) groups excluding carboxylic acids is 2. The normalized spacial score (nSPS) is 16.2. The van der Waals surface area contributed by atoms with Crippen molar-refractivity contribution in [1.82, 2.24) is 4.57 Å². The van der Waals surface area contributed by atoms with Gasteiger partial charge in [0.25, 0.3) is 5.91 Å². The number of aromatic nitrogens is 1. The molecule has 2 heterocycles. The maximum absolute atomic E-state index is 13.6. The van der Waals surface area contributed by atoms with Gasteiger partial charge in [-0.15, -0.1) is 0 Å². The van der Waals surface area contributed by atoms with Crippen molar-refractivity contribution in [2.45, 2.75) is 12.6 Å². The van der Waals surface area contributed by atoms with Crippen LogP contribution in [0.1, 0.15) is 0 Å². The van der Waals surface area contributed by atoms with Crippen LogP contribution in [0.25, 0.3) is 10.2 Å². The van der Waals surface area contributed by atoms with Gasteiger partial charge < -0.3 is 18.8 Å². The number of rotatable bonds is 3. The molecule has 0 saturated carbocycles. The molecule has 0 fully saturated rings. The quantitative estimate of drug-likeness (QED) is 0.628. The van der Waals surface area contributed by atoms with E-state index < -0.39 is 23.8 Å². The van der Waals surface area contributed by atoms with Crippen molar-refractivity contribution < 1.29 is 28.2 Å². The van der Waals surface area contributed by atoms with E-state index in [0.29, 0.717) is 21.7 Å². The van der Waals surface area contributed by atoms with E-state index in [4.69, 9.17) is 14.2 Å². The van der Waals surface area contributed by atoms with E-state index in [1.165, 1.54) is 29.9 Å². The summed E-state index contributed by atoms with van der Waals surface area (Å²) in [7, 11) is 1.27. The molecule has 3 aromatic rings. The van der Waals surface area contributed by atoms with Crippen molar-refractivity contribution in [3.8, 4) is 11.5 Å². The maximum atomic E-state index is 13.6. The number of thiazole rings is 1. The van der Waals surface area contributed by atoms with Crippen LogP contribution in [0.2, 0.25) is 0 Å². The summed E-state index contributed by atoms with van der Waals surface area (Å²) in [4.78, 5) is 28.8. The van der Waals surface area contributed by atoms with Gasteiger partial charge in [-0.05, 0) is 30.3 Å². The van der Waals surface area contributed by atoms with Gasteiger partial charge in [0.2, 0.25) is 6.10 Å². The first-order valence-electron chi connectivity index (χ1n) is 8.38. The van der Waals surface area contributed by atoms with Crippen LogP contribution in [0.5, 0.6) is 11.5 Å². The molecule has 1 aliphatic rings. The molecular formula is C19H15FN2O5S. The summed E-state index contributed by atoms with van der Waals surface area (Å²) in [6, 6.07) is 11.2. The van der Waals surface area contributed by atoms with Crippen LogP contribution in [-0.2, 0) is 20.9 Å². The van der Waals surface area contributed by atoms with Gasteiger partial charge in [-0.1, -0.05) is 23.5 Å². The van der Waals surface area contributed by atoms with Crippen LogP contribution in [0.4, 0.5) is 4.39 Å². The third-order valence-corrected chi connectivity index (χ3v) is 5.19. The third kappa shape index (κ3) is 3.48. The molecule has 0 unspecified atom stereocenters. The lowest BCUT2D eigenvalue weighted by atomic mass is 10.2. The molecule has 0 saturated heterocycles. The number of hydrogen-bond acceptors (Lipinski definition) is 6. The summed E-state index contributed by atoms with van der Waals surface area (Å²) in [5.74, 6) is -0.463. The number of halogens is 1. The van der Waals surface area contributed by atoms with Gasteiger partial charge in [0.05, 0.1) is 17.3 Å². The molecule has 1 amide bonds. The van der Waals surface area contributed by atoms with Crippen molar-refractivity contribution in [2.75, 3.05) is 13.7 Å². The molecule has 28 heavy (non-hydrogen) atoms. The average molecular weight is 402 g/mol. The second-order valence-electron chi connectivity index (χ2n) is 5.97. The summed E-state index contributed by atoms with van der Waals surface area (Å²) < 4.78 is 31.6. The smallest absolute Gasteiger partial charge is 0.325 e. The summed E-state index contributed by atoms with van der Waals surface area (Å²) in [5, 5.41) is 0. The maximum Gasteiger partial charge on any atom is 0.325 e. The van der Waals surface area contributed by atoms with Crippen molar-refractivity contribution in [3.63, 3.8) is 0 Å². The second kappa shape index (κ2) is 7.43. The molecule has 0 bridgehead atoms. The summed E-state index contributed by atoms with van der Waals surface area (Å²) >= 11 is 1.10. The molecule has 4 rings (SSSR count). The van der Waals surface area contributed by atoms with Gasteiger partial charge in [0.1, 0.15) is 19.0 Å². The van der Waals surface area contributed by atoms with E-state index in [1.54, 1.807) is 24.3 Å². The van der Waals surface area contributed by atoms with Crippen LogP contribution in [0, 0.1) is 5.82 Å². The fourth-order valence-electron chi connectivity index (χ4n) is 2.79. The Labute approximate surface area is 162 Å². The lowest BCUT2D eigenvalue weighted by Gasteiger charge is -2.23. The van der Waals surface area contributed by atoms with Gasteiger partial charge in [-0.2, -0.15) is 4.99 Å². The fraction of sp³-hybridized carbons (Fsp3) is 0.211. The van der Waals surface area contributed by atoms with E-state index in [1.807, 2.05) is 0 Å². The Hall–Kier alpha value is -3.20. The van der Waals surface area contributed by atoms with Crippen LogP contribution in [0.3, 0.4) is 0 Å². The minimum absolute atomic E-state index is 0.0237. The van der Waals surface area contributed by atoms with Crippen molar-refractivity contribution in [2.24, 2.45) is 4.99 Å². The van der Waals surface area contributed by atoms with E-state index in [9.17, 15) is 14.0 Å². The Morgan fingerprint density at radius 2 is 2.07 bits per heavy atom. The topological polar surface area (TPSA) is 79.1 Å². The minimum Gasteiger partial charge on any atom is -0.485 e. The first-order chi connectivity index (χ1) is 13.5. The molecule has 0 spiro atoms. The van der Waals surface area contributed by atoms with Gasteiger partial charge in [-0.3, -0.25) is 9.59 Å². The van der Waals surface area contributed by atoms with E-state index in [2.05, 4.69) is 4.99 Å². The highest BCUT2D eigenvalue weighted by atomic mass is 32.1. The average Bonchev–Trinajstić information content (AvgIpc) is 3.03. The standard InChI is InChI=1S/C19H15FN2O5S/c1-25-17(23)9-22-12-7-6-11(20)8-16(12)28-19(22)21-18(24)15-10-26-13-4-2-3-5-14(13)27-15/h2-8,15H,9-10H2,1H3/t15-/m0/s1. The minimum atomic E-state index is -0.913. The molecule has 1 aliphatic heterocycles. The number of para-hydroxylation sites is 2. The lowest BCUT2D eigenvalue weighted by Crippen LogP contribution is -2.37. The number of fused-ring (bicyclic) bond motifs is 2. The van der Waals surface area contributed by atoms with Crippen LogP contribution >= 0.6 is 11.3 Å². The van der Waals surface area contributed by atoms with Crippen LogP contribution < -0.4 is 14.3 Å². The number of carbonyl (C=O) groups is 2. The number of benzene rings is 2. The largest absolute Gasteiger partial charge is 0.485 e. The molecule has 0 radical (unpaired) electrons. The Balaban J connectivity index is 1.71. The predicted octanol–water partition coefficient (Wildman–Crippen LogP) is 2.28. The number of ether oxygens (including phenoxy) is 3. The number of hydrogen-bond donors (Lipinski definition) is 0. The molecule has 7 nitrogen and oxygen atoms in total. The molecule has 2 aromatic carbocycles. The molecule has 1 atom stereocenters. The van der Waals surface area contributed by atoms with Gasteiger partial charge in [0.15, 0.2) is 16.3 Å². The Bertz CT molecular complexity index is 1140. The molecule has 1 aromatic heterocycles. The Morgan fingerprint density at radius 3 is 2.86 bits per heavy atom. The van der Waals surface area contributed by atoms with Gasteiger partial charge in [-0.25, -0.2) is 4.39 Å². The highest BCUT2D eigenvalue weighted by Crippen LogP contribution is 2.31. The summed E-state index contributed by atoms with van der Waals surface area (Å²) in [6.07, 6.45) is -0.913. The van der Waals surface area contributed by atoms with Gasteiger partial charge in [0, 0.05) is 0 Å². The highest BCUT2D eigenvalue weighted by Gasteiger charge is 2.27. The molecular weight excluding hydrogens is 387 g/mol. The number of nitrogens with zero attached hydrogens (tertiary/aromatic N) is 2. The molecule has 144 valence electrons. The van der Waals surface area contributed by atoms with E-state index >= 15 is 0 Å². The molecule has 0 N–H and O–H groups in total. The summed E-state index contributed by atoms with van der Waals surface area (Å²) in [6.45, 7) is -0.130. The summed E-state index contributed by atoms with van der Waals surface area (Å²) in [5.41, 5.74) is 0.578. The molecule has 0 aliphatic carbocycles. The van der Waals surface area contributed by atoms with Crippen LogP contribution in [-0.4, -0.2) is 36.3 Å². The Kier molecular flexibility index (Phi) is 4.82. The monoisotopic (exact) mass is 402 g/mol.